The second-order valence-corrected chi connectivity index (χ2v) is 7.22. The molecule has 3 rings (SSSR count). The number of piperazine rings is 1. The zero-order valence-electron chi connectivity index (χ0n) is 10.5. The van der Waals surface area contributed by atoms with E-state index >= 15 is 0 Å². The van der Waals surface area contributed by atoms with Gasteiger partial charge in [0.05, 0.1) is 5.69 Å². The summed E-state index contributed by atoms with van der Waals surface area (Å²) in [5.41, 5.74) is 1.31. The van der Waals surface area contributed by atoms with Gasteiger partial charge in [-0.1, -0.05) is 15.9 Å². The first kappa shape index (κ1) is 12.9. The molecule has 0 radical (unpaired) electrons. The summed E-state index contributed by atoms with van der Waals surface area (Å²) in [7, 11) is 0. The van der Waals surface area contributed by atoms with Crippen LogP contribution in [0.2, 0.25) is 0 Å². The molecule has 0 aromatic heterocycles. The Hall–Kier alpha value is -0.0600. The SMILES string of the molecule is CC1CNC(C2CC2)CN1c1cc(Br)ccc1Br. The van der Waals surface area contributed by atoms with Gasteiger partial charge in [-0.25, -0.2) is 0 Å². The van der Waals surface area contributed by atoms with Crippen molar-refractivity contribution in [3.05, 3.63) is 27.1 Å². The fourth-order valence-corrected chi connectivity index (χ4v) is 3.57. The maximum atomic E-state index is 3.70. The second-order valence-electron chi connectivity index (χ2n) is 5.45. The summed E-state index contributed by atoms with van der Waals surface area (Å²) in [6, 6.07) is 7.65. The van der Waals surface area contributed by atoms with Crippen molar-refractivity contribution in [1.29, 1.82) is 0 Å². The van der Waals surface area contributed by atoms with Gasteiger partial charge in [-0.2, -0.15) is 0 Å². The van der Waals surface area contributed by atoms with Crippen LogP contribution >= 0.6 is 31.9 Å². The van der Waals surface area contributed by atoms with Gasteiger partial charge in [0.25, 0.3) is 0 Å². The molecule has 0 amide bonds. The highest BCUT2D eigenvalue weighted by Gasteiger charge is 2.36. The Balaban J connectivity index is 1.85. The van der Waals surface area contributed by atoms with Crippen LogP contribution in [-0.2, 0) is 0 Å². The maximum Gasteiger partial charge on any atom is 0.0525 e. The number of hydrogen-bond donors (Lipinski definition) is 1. The van der Waals surface area contributed by atoms with Crippen molar-refractivity contribution in [1.82, 2.24) is 5.32 Å². The van der Waals surface area contributed by atoms with Crippen molar-refractivity contribution in [2.45, 2.75) is 31.8 Å². The minimum absolute atomic E-state index is 0.547. The molecule has 18 heavy (non-hydrogen) atoms. The number of benzene rings is 1. The van der Waals surface area contributed by atoms with E-state index in [1.807, 2.05) is 0 Å². The highest BCUT2D eigenvalue weighted by atomic mass is 79.9. The molecule has 4 heteroatoms. The molecule has 1 heterocycles. The summed E-state index contributed by atoms with van der Waals surface area (Å²) < 4.78 is 2.34. The molecule has 1 saturated carbocycles. The summed E-state index contributed by atoms with van der Waals surface area (Å²) in [6.07, 6.45) is 2.80. The second kappa shape index (κ2) is 5.14. The van der Waals surface area contributed by atoms with Gasteiger partial charge in [-0.15, -0.1) is 0 Å². The number of anilines is 1. The van der Waals surface area contributed by atoms with Crippen molar-refractivity contribution in [2.75, 3.05) is 18.0 Å². The summed E-state index contributed by atoms with van der Waals surface area (Å²) in [5, 5.41) is 3.70. The van der Waals surface area contributed by atoms with E-state index in [9.17, 15) is 0 Å². The molecule has 2 fully saturated rings. The first-order valence-corrected chi connectivity index (χ1v) is 8.19. The van der Waals surface area contributed by atoms with Crippen molar-refractivity contribution < 1.29 is 0 Å². The molecule has 1 saturated heterocycles. The lowest BCUT2D eigenvalue weighted by Crippen LogP contribution is -2.56. The number of rotatable bonds is 2. The van der Waals surface area contributed by atoms with E-state index in [1.165, 1.54) is 23.0 Å². The molecule has 0 spiro atoms. The van der Waals surface area contributed by atoms with Crippen molar-refractivity contribution in [3.8, 4) is 0 Å². The molecule has 1 aromatic rings. The fraction of sp³-hybridized carbons (Fsp3) is 0.571. The zero-order chi connectivity index (χ0) is 12.7. The van der Waals surface area contributed by atoms with Crippen LogP contribution in [0.15, 0.2) is 27.1 Å². The Kier molecular flexibility index (Phi) is 3.70. The van der Waals surface area contributed by atoms with E-state index < -0.39 is 0 Å². The topological polar surface area (TPSA) is 15.3 Å². The minimum Gasteiger partial charge on any atom is -0.365 e. The average Bonchev–Trinajstić information content (AvgIpc) is 3.17. The smallest absolute Gasteiger partial charge is 0.0525 e. The first-order chi connectivity index (χ1) is 8.65. The van der Waals surface area contributed by atoms with Crippen molar-refractivity contribution in [3.63, 3.8) is 0 Å². The predicted octanol–water partition coefficient (Wildman–Crippen LogP) is 3.79. The van der Waals surface area contributed by atoms with Gasteiger partial charge < -0.3 is 10.2 Å². The van der Waals surface area contributed by atoms with Crippen LogP contribution in [0, 0.1) is 5.92 Å². The monoisotopic (exact) mass is 372 g/mol. The van der Waals surface area contributed by atoms with Crippen LogP contribution < -0.4 is 10.2 Å². The van der Waals surface area contributed by atoms with E-state index in [4.69, 9.17) is 0 Å². The van der Waals surface area contributed by atoms with Crippen LogP contribution in [0.25, 0.3) is 0 Å². The van der Waals surface area contributed by atoms with Crippen molar-refractivity contribution in [2.24, 2.45) is 5.92 Å². The van der Waals surface area contributed by atoms with Crippen LogP contribution in [0.3, 0.4) is 0 Å². The Morgan fingerprint density at radius 3 is 2.78 bits per heavy atom. The van der Waals surface area contributed by atoms with Gasteiger partial charge in [-0.05, 0) is 59.8 Å². The lowest BCUT2D eigenvalue weighted by molar-refractivity contribution is 0.375. The van der Waals surface area contributed by atoms with Gasteiger partial charge in [0, 0.05) is 34.1 Å². The molecule has 1 aliphatic heterocycles. The highest BCUT2D eigenvalue weighted by Crippen LogP contribution is 2.37. The van der Waals surface area contributed by atoms with E-state index in [0.29, 0.717) is 12.1 Å². The predicted molar refractivity (Wildman–Crippen MR) is 83.2 cm³/mol. The van der Waals surface area contributed by atoms with Crippen molar-refractivity contribution >= 4 is 37.5 Å². The quantitative estimate of drug-likeness (QED) is 0.848. The van der Waals surface area contributed by atoms with E-state index in [0.717, 1.165) is 23.5 Å². The number of nitrogens with one attached hydrogen (secondary N) is 1. The molecule has 2 aliphatic rings. The molecule has 1 aliphatic carbocycles. The molecule has 1 N–H and O–H groups in total. The Morgan fingerprint density at radius 2 is 2.06 bits per heavy atom. The first-order valence-electron chi connectivity index (χ1n) is 6.60. The Morgan fingerprint density at radius 1 is 1.28 bits per heavy atom. The molecule has 98 valence electrons. The molecule has 2 nitrogen and oxygen atoms in total. The Bertz CT molecular complexity index is 445. The third-order valence-electron chi connectivity index (χ3n) is 4.01. The summed E-state index contributed by atoms with van der Waals surface area (Å²) in [6.45, 7) is 4.50. The lowest BCUT2D eigenvalue weighted by Gasteiger charge is -2.41. The largest absolute Gasteiger partial charge is 0.365 e. The molecule has 2 unspecified atom stereocenters. The van der Waals surface area contributed by atoms with Gasteiger partial charge in [0.15, 0.2) is 0 Å². The zero-order valence-corrected chi connectivity index (χ0v) is 13.7. The van der Waals surface area contributed by atoms with E-state index in [-0.39, 0.29) is 0 Å². The third kappa shape index (κ3) is 2.61. The normalized spacial score (nSPS) is 28.5. The summed E-state index contributed by atoms with van der Waals surface area (Å²) >= 11 is 7.26. The summed E-state index contributed by atoms with van der Waals surface area (Å²) in [5.74, 6) is 0.908. The minimum atomic E-state index is 0.547. The molecule has 1 aromatic carbocycles. The van der Waals surface area contributed by atoms with Crippen LogP contribution in [0.4, 0.5) is 5.69 Å². The lowest BCUT2D eigenvalue weighted by atomic mass is 10.1. The Labute approximate surface area is 125 Å². The molecule has 2 atom stereocenters. The van der Waals surface area contributed by atoms with Gasteiger partial charge >= 0.3 is 0 Å². The van der Waals surface area contributed by atoms with Gasteiger partial charge in [0.2, 0.25) is 0 Å². The molecular formula is C14H18Br2N2. The van der Waals surface area contributed by atoms with Crippen LogP contribution in [0.1, 0.15) is 19.8 Å². The summed E-state index contributed by atoms with van der Waals surface area (Å²) in [4.78, 5) is 2.54. The van der Waals surface area contributed by atoms with Crippen LogP contribution in [0.5, 0.6) is 0 Å². The fourth-order valence-electron chi connectivity index (χ4n) is 2.74. The molecule has 0 bridgehead atoms. The number of hydrogen-bond acceptors (Lipinski definition) is 2. The van der Waals surface area contributed by atoms with Gasteiger partial charge in [-0.3, -0.25) is 0 Å². The third-order valence-corrected chi connectivity index (χ3v) is 5.17. The van der Waals surface area contributed by atoms with E-state index in [1.54, 1.807) is 0 Å². The van der Waals surface area contributed by atoms with Gasteiger partial charge in [0.1, 0.15) is 0 Å². The number of nitrogens with zero attached hydrogens (tertiary/aromatic N) is 1. The number of halogens is 2. The molecular weight excluding hydrogens is 356 g/mol. The van der Waals surface area contributed by atoms with Crippen LogP contribution in [-0.4, -0.2) is 25.2 Å². The standard InChI is InChI=1S/C14H18Br2N2/c1-9-7-17-13(10-2-3-10)8-18(9)14-6-11(15)4-5-12(14)16/h4-6,9-10,13,17H,2-3,7-8H2,1H3. The van der Waals surface area contributed by atoms with E-state index in [2.05, 4.69) is 67.2 Å². The maximum absolute atomic E-state index is 3.70. The highest BCUT2D eigenvalue weighted by molar-refractivity contribution is 9.11. The average molecular weight is 374 g/mol.